The Kier molecular flexibility index (Phi) is 16.7. The van der Waals surface area contributed by atoms with Crippen molar-refractivity contribution in [2.75, 3.05) is 0 Å². The number of hydrogen-bond donors (Lipinski definition) is 0. The zero-order valence-corrected chi connectivity index (χ0v) is 56.7. The van der Waals surface area contributed by atoms with E-state index in [1.807, 2.05) is 69.3 Å². The van der Waals surface area contributed by atoms with Crippen molar-refractivity contribution in [2.45, 2.75) is 159 Å². The van der Waals surface area contributed by atoms with Crippen molar-refractivity contribution in [3.8, 4) is 17.2 Å². The Morgan fingerprint density at radius 2 is 0.747 bits per heavy atom. The van der Waals surface area contributed by atoms with E-state index in [-0.39, 0.29) is 32.1 Å². The van der Waals surface area contributed by atoms with E-state index in [0.29, 0.717) is 49.6 Å². The van der Waals surface area contributed by atoms with Gasteiger partial charge in [0.05, 0.1) is 21.5 Å². The van der Waals surface area contributed by atoms with E-state index in [0.717, 1.165) is 55.1 Å². The summed E-state index contributed by atoms with van der Waals surface area (Å²) in [6.45, 7) is 40.7. The summed E-state index contributed by atoms with van der Waals surface area (Å²) in [6.07, 6.45) is 0. The molecule has 0 aliphatic carbocycles. The number of ketones is 1. The predicted molar refractivity (Wildman–Crippen MR) is 341 cm³/mol. The number of benzene rings is 6. The van der Waals surface area contributed by atoms with Gasteiger partial charge in [-0.15, -0.1) is 0 Å². The molecule has 0 aliphatic rings. The smallest absolute Gasteiger partial charge is 0.344 e. The third-order valence-electron chi connectivity index (χ3n) is 16.5. The average Bonchev–Trinajstić information content (AvgIpc) is 3.40. The molecule has 0 spiro atoms. The minimum absolute atomic E-state index is 0.0268. The summed E-state index contributed by atoms with van der Waals surface area (Å²) in [5, 5.41) is 7.01. The standard InChI is InChI=1S/C22H26O4Si.C20H24O3Si.C20H23O3Si.3CH3.Sn/c1-13-10-18-20(19(11-13)26-27(6,7)22(3,4)5)17-12-15(14(2)23)8-9-16(17)21(24)25-18;2*1-13-11-16-18(14-9-7-8-10-15(14)19(21)22-16)17(12-13)23-24(5,6)20(2,3)4;;;;/h8-12H,1-7H3;7-12H,1-6H3;8-12H,1-6H3;3*1H3;. The molecule has 418 valence electrons. The Bertz CT molecular complexity index is 4040. The van der Waals surface area contributed by atoms with Gasteiger partial charge in [-0.05, 0) is 111 Å². The molecule has 0 radical (unpaired) electrons. The van der Waals surface area contributed by atoms with Crippen LogP contribution in [0.15, 0.2) is 125 Å². The van der Waals surface area contributed by atoms with Gasteiger partial charge < -0.3 is 17.7 Å². The maximum absolute atomic E-state index is 12.6. The van der Waals surface area contributed by atoms with Crippen molar-refractivity contribution < 1.29 is 31.3 Å². The van der Waals surface area contributed by atoms with Crippen LogP contribution in [-0.2, 0) is 0 Å². The Morgan fingerprint density at radius 3 is 1.09 bits per heavy atom. The van der Waals surface area contributed by atoms with Gasteiger partial charge in [-0.2, -0.15) is 0 Å². The van der Waals surface area contributed by atoms with Crippen molar-refractivity contribution in [3.63, 3.8) is 0 Å². The van der Waals surface area contributed by atoms with E-state index >= 15 is 0 Å². The van der Waals surface area contributed by atoms with Crippen LogP contribution in [0.4, 0.5) is 0 Å². The Labute approximate surface area is 473 Å². The topological polar surface area (TPSA) is 135 Å². The van der Waals surface area contributed by atoms with Gasteiger partial charge in [-0.3, -0.25) is 4.79 Å². The number of carbonyl (C=O) groups excluding carboxylic acids is 1. The summed E-state index contributed by atoms with van der Waals surface area (Å²) >= 11 is -2.30. The number of carbonyl (C=O) groups is 1. The van der Waals surface area contributed by atoms with Gasteiger partial charge in [0.1, 0.15) is 22.7 Å². The average molecular weight is 1230 g/mol. The Balaban J connectivity index is 0.000000172. The van der Waals surface area contributed by atoms with Gasteiger partial charge in [-0.25, -0.2) is 9.59 Å². The molecule has 0 N–H and O–H groups in total. The molecule has 10 nitrogen and oxygen atoms in total. The van der Waals surface area contributed by atoms with Crippen molar-refractivity contribution >= 4 is 118 Å². The fourth-order valence-electron chi connectivity index (χ4n) is 8.61. The molecule has 9 aromatic rings. The van der Waals surface area contributed by atoms with Crippen molar-refractivity contribution in [1.29, 1.82) is 0 Å². The second kappa shape index (κ2) is 21.6. The number of Topliss-reactive ketones (excluding diaryl/α,β-unsaturated/α-hetero) is 1. The summed E-state index contributed by atoms with van der Waals surface area (Å²) in [6, 6.07) is 30.7. The third-order valence-corrected chi connectivity index (χ3v) is 35.3. The maximum Gasteiger partial charge on any atom is 0.344 e. The van der Waals surface area contributed by atoms with Crippen LogP contribution >= 0.6 is 0 Å². The molecule has 0 aliphatic heterocycles. The molecule has 0 atom stereocenters. The molecular weight excluding hydrogens is 1140 g/mol. The predicted octanol–water partition coefficient (Wildman–Crippen LogP) is 17.7. The first-order valence-electron chi connectivity index (χ1n) is 27.3. The maximum atomic E-state index is 12.6. The van der Waals surface area contributed by atoms with E-state index in [4.69, 9.17) is 26.5 Å². The van der Waals surface area contributed by atoms with Gasteiger partial charge in [0.25, 0.3) is 16.6 Å². The van der Waals surface area contributed by atoms with Gasteiger partial charge in [0.15, 0.2) is 5.78 Å². The van der Waals surface area contributed by atoms with Gasteiger partial charge in [0.2, 0.25) is 0 Å². The summed E-state index contributed by atoms with van der Waals surface area (Å²) < 4.78 is 38.2. The monoisotopic (exact) mass is 1230 g/mol. The molecule has 0 saturated carbocycles. The molecule has 6 aromatic carbocycles. The fourth-order valence-corrected chi connectivity index (χ4v) is 15.0. The fraction of sp³-hybridized carbons (Fsp3) is 0.385. The van der Waals surface area contributed by atoms with Crippen molar-refractivity contribution in [2.24, 2.45) is 0 Å². The van der Waals surface area contributed by atoms with Gasteiger partial charge in [-0.1, -0.05) is 65.8 Å². The molecular formula is C65H82O10Si3Sn. The first-order chi connectivity index (χ1) is 36.2. The van der Waals surface area contributed by atoms with Crippen molar-refractivity contribution in [1.82, 2.24) is 0 Å². The molecule has 0 unspecified atom stereocenters. The van der Waals surface area contributed by atoms with E-state index in [2.05, 4.69) is 141 Å². The molecule has 9 rings (SSSR count). The molecule has 14 heteroatoms. The second-order valence-electron chi connectivity index (χ2n) is 27.0. The summed E-state index contributed by atoms with van der Waals surface area (Å²) in [5.74, 6) is 2.33. The number of fused-ring (bicyclic) bond motifs is 9. The first-order valence-corrected chi connectivity index (χ1v) is 46.0. The number of hydrogen-bond acceptors (Lipinski definition) is 10. The number of rotatable bonds is 8. The second-order valence-corrected chi connectivity index (χ2v) is 55.7. The van der Waals surface area contributed by atoms with Crippen LogP contribution in [-0.4, -0.2) is 49.1 Å². The van der Waals surface area contributed by atoms with Crippen LogP contribution < -0.4 is 33.7 Å². The normalized spacial score (nSPS) is 12.9. The van der Waals surface area contributed by atoms with E-state index in [9.17, 15) is 19.2 Å². The molecule has 3 aromatic heterocycles. The molecule has 0 amide bonds. The van der Waals surface area contributed by atoms with Gasteiger partial charge in [0, 0.05) is 16.3 Å². The minimum Gasteiger partial charge on any atom is -0.543 e. The molecule has 0 fully saturated rings. The van der Waals surface area contributed by atoms with Crippen LogP contribution in [0.1, 0.15) is 96.3 Å². The molecule has 0 bridgehead atoms. The van der Waals surface area contributed by atoms with E-state index in [1.165, 1.54) is 10.5 Å². The third kappa shape index (κ3) is 12.7. The number of aryl methyl sites for hydroxylation is 3. The molecule has 79 heavy (non-hydrogen) atoms. The van der Waals surface area contributed by atoms with E-state index in [1.54, 1.807) is 24.3 Å². The Hall–Kier alpha value is -5.75. The Morgan fingerprint density at radius 1 is 0.430 bits per heavy atom. The zero-order chi connectivity index (χ0) is 58.9. The minimum atomic E-state index is -2.30. The van der Waals surface area contributed by atoms with Crippen LogP contribution in [0.25, 0.3) is 65.2 Å². The van der Waals surface area contributed by atoms with Crippen LogP contribution in [0.5, 0.6) is 17.2 Å². The van der Waals surface area contributed by atoms with Crippen LogP contribution in [0.3, 0.4) is 0 Å². The van der Waals surface area contributed by atoms with Crippen LogP contribution in [0, 0.1) is 20.8 Å². The molecule has 0 saturated heterocycles. The summed E-state index contributed by atoms with van der Waals surface area (Å²) in [5.41, 5.74) is 4.29. The van der Waals surface area contributed by atoms with Crippen LogP contribution in [0.2, 0.25) is 69.2 Å². The van der Waals surface area contributed by atoms with Crippen molar-refractivity contribution in [3.05, 3.63) is 151 Å². The zero-order valence-electron chi connectivity index (χ0n) is 50.8. The largest absolute Gasteiger partial charge is 0.543 e. The van der Waals surface area contributed by atoms with E-state index < -0.39 is 49.0 Å². The summed E-state index contributed by atoms with van der Waals surface area (Å²) in [7, 11) is -6.16. The SMILES string of the molecule is CC(=O)c1ccc2c(=O)oc3cc(C)cc(O[Si](C)(C)C(C)(C)C)c3c2c1.Cc1cc(O[Si](C)(C)C(C)(C)C)c2c(c1)oc(=O)c1cc[c]([Sn]([CH3])([CH3])[CH3])cc12.Cc1cc(O[Si](C)(C)C(C)(C)C)c2c(c1)oc(=O)c1ccccc12. The molecule has 3 heterocycles. The quantitative estimate of drug-likeness (QED) is 0.0626. The first kappa shape index (κ1) is 60.9. The summed E-state index contributed by atoms with van der Waals surface area (Å²) in [4.78, 5) is 56.4. The van der Waals surface area contributed by atoms with Gasteiger partial charge >= 0.3 is 185 Å².